The summed E-state index contributed by atoms with van der Waals surface area (Å²) in [6.07, 6.45) is 11.4. The number of amides is 1. The van der Waals surface area contributed by atoms with Crippen molar-refractivity contribution >= 4 is 28.4 Å². The first-order chi connectivity index (χ1) is 16.5. The highest BCUT2D eigenvalue weighted by Gasteiger charge is 2.19. The van der Waals surface area contributed by atoms with Gasteiger partial charge in [-0.3, -0.25) is 9.69 Å². The molecule has 0 saturated carbocycles. The molecule has 1 fully saturated rings. The van der Waals surface area contributed by atoms with Gasteiger partial charge in [0.1, 0.15) is 5.82 Å². The van der Waals surface area contributed by atoms with Crippen LogP contribution in [0.15, 0.2) is 79.1 Å². The second-order valence-corrected chi connectivity index (χ2v) is 8.00. The van der Waals surface area contributed by atoms with Gasteiger partial charge >= 0.3 is 0 Å². The molecule has 0 atom stereocenters. The quantitative estimate of drug-likeness (QED) is 0.389. The maximum absolute atomic E-state index is 13.1. The molecule has 1 aliphatic heterocycles. The smallest absolute Gasteiger partial charge is 0.246 e. The molecule has 3 aromatic rings. The van der Waals surface area contributed by atoms with E-state index < -0.39 is 0 Å². The highest BCUT2D eigenvalue weighted by atomic mass is 19.1. The third kappa shape index (κ3) is 7.46. The van der Waals surface area contributed by atoms with E-state index in [2.05, 4.69) is 29.6 Å². The number of carbonyl (C=O) groups excluding carboxylic acids is 1. The maximum atomic E-state index is 13.1. The fourth-order valence-electron chi connectivity index (χ4n) is 3.92. The first-order valence-electron chi connectivity index (χ1n) is 11.0. The van der Waals surface area contributed by atoms with Gasteiger partial charge in [-0.1, -0.05) is 50.4 Å². The van der Waals surface area contributed by atoms with Crippen molar-refractivity contribution in [2.45, 2.75) is 14.0 Å². The number of carbonyl (C=O) groups is 1. The zero-order valence-corrected chi connectivity index (χ0v) is 19.1. The van der Waals surface area contributed by atoms with E-state index in [1.54, 1.807) is 18.2 Å². The number of terminal acetylenes is 1. The van der Waals surface area contributed by atoms with E-state index in [-0.39, 0.29) is 19.2 Å². The molecule has 0 spiro atoms. The zero-order valence-electron chi connectivity index (χ0n) is 19.1. The summed E-state index contributed by atoms with van der Waals surface area (Å²) in [4.78, 5) is 16.9. The van der Waals surface area contributed by atoms with Crippen LogP contribution in [-0.2, 0) is 11.3 Å². The van der Waals surface area contributed by atoms with Gasteiger partial charge < -0.3 is 16.0 Å². The van der Waals surface area contributed by atoms with Gasteiger partial charge in [0.2, 0.25) is 5.91 Å². The van der Waals surface area contributed by atoms with E-state index in [9.17, 15) is 9.18 Å². The third-order valence-electron chi connectivity index (χ3n) is 5.62. The van der Waals surface area contributed by atoms with Crippen molar-refractivity contribution in [3.63, 3.8) is 0 Å². The highest BCUT2D eigenvalue weighted by molar-refractivity contribution is 5.95. The molecule has 3 N–H and O–H groups in total. The van der Waals surface area contributed by atoms with E-state index in [0.717, 1.165) is 47.2 Å². The summed E-state index contributed by atoms with van der Waals surface area (Å²) >= 11 is 0. The van der Waals surface area contributed by atoms with E-state index in [4.69, 9.17) is 5.73 Å². The molecule has 0 bridgehead atoms. The topological polar surface area (TPSA) is 61.6 Å². The summed E-state index contributed by atoms with van der Waals surface area (Å²) in [5.41, 5.74) is 8.51. The van der Waals surface area contributed by atoms with Crippen molar-refractivity contribution in [2.75, 3.05) is 31.5 Å². The molecule has 3 aromatic carbocycles. The number of nitrogens with zero attached hydrogens (tertiary/aromatic N) is 2. The van der Waals surface area contributed by atoms with Crippen LogP contribution in [0.4, 0.5) is 10.1 Å². The van der Waals surface area contributed by atoms with Crippen molar-refractivity contribution in [2.24, 2.45) is 5.73 Å². The van der Waals surface area contributed by atoms with Gasteiger partial charge in [0, 0.05) is 44.5 Å². The molecule has 4 rings (SSSR count). The summed E-state index contributed by atoms with van der Waals surface area (Å²) < 4.78 is 13.1. The molecule has 0 radical (unpaired) electrons. The van der Waals surface area contributed by atoms with Crippen molar-refractivity contribution in [3.8, 4) is 12.8 Å². The van der Waals surface area contributed by atoms with Gasteiger partial charge in [-0.15, -0.1) is 12.8 Å². The molecule has 0 aliphatic carbocycles. The van der Waals surface area contributed by atoms with Gasteiger partial charge in [-0.05, 0) is 52.2 Å². The van der Waals surface area contributed by atoms with Crippen molar-refractivity contribution in [3.05, 3.63) is 96.1 Å². The van der Waals surface area contributed by atoms with Crippen LogP contribution in [0.1, 0.15) is 18.6 Å². The maximum Gasteiger partial charge on any atom is 0.246 e. The number of nitrogens with one attached hydrogen (secondary N) is 1. The Morgan fingerprint density at radius 1 is 1.03 bits per heavy atom. The Morgan fingerprint density at radius 3 is 2.23 bits per heavy atom. The summed E-state index contributed by atoms with van der Waals surface area (Å²) in [5, 5.41) is 5.24. The van der Waals surface area contributed by atoms with Crippen LogP contribution in [0.5, 0.6) is 0 Å². The second-order valence-electron chi connectivity index (χ2n) is 8.00. The molecule has 35 heavy (non-hydrogen) atoms. The van der Waals surface area contributed by atoms with Crippen LogP contribution < -0.4 is 11.1 Å². The monoisotopic (exact) mass is 472 g/mol. The minimum Gasteiger partial charge on any atom is -0.386 e. The van der Waals surface area contributed by atoms with Gasteiger partial charge in [0.05, 0.1) is 5.82 Å². The molecule has 1 aliphatic rings. The Bertz CT molecular complexity index is 1190. The molecular formula is C29H33FN4O. The van der Waals surface area contributed by atoms with E-state index >= 15 is 0 Å². The van der Waals surface area contributed by atoms with E-state index in [1.807, 2.05) is 47.4 Å². The van der Waals surface area contributed by atoms with Crippen molar-refractivity contribution < 1.29 is 9.18 Å². The van der Waals surface area contributed by atoms with Crippen LogP contribution >= 0.6 is 0 Å². The van der Waals surface area contributed by atoms with Crippen LogP contribution in [-0.4, -0.2) is 41.9 Å². The summed E-state index contributed by atoms with van der Waals surface area (Å²) in [5.74, 6) is 0.104. The minimum atomic E-state index is -0.225. The molecule has 0 aromatic heterocycles. The minimum absolute atomic E-state index is 0. The fraction of sp³-hybridized carbons (Fsp3) is 0.207. The Balaban J connectivity index is 0.00000140. The molecule has 182 valence electrons. The van der Waals surface area contributed by atoms with Crippen molar-refractivity contribution in [1.82, 2.24) is 9.80 Å². The molecular weight excluding hydrogens is 439 g/mol. The first kappa shape index (κ1) is 27.2. The average Bonchev–Trinajstić information content (AvgIpc) is 2.85. The van der Waals surface area contributed by atoms with Gasteiger partial charge in [-0.2, -0.15) is 0 Å². The summed E-state index contributed by atoms with van der Waals surface area (Å²) in [7, 11) is 0. The van der Waals surface area contributed by atoms with Gasteiger partial charge in [-0.25, -0.2) is 4.39 Å². The third-order valence-corrected chi connectivity index (χ3v) is 5.62. The number of nitrogens with two attached hydrogens (primary N) is 1. The predicted molar refractivity (Wildman–Crippen MR) is 145 cm³/mol. The molecule has 1 saturated heterocycles. The highest BCUT2D eigenvalue weighted by Crippen LogP contribution is 2.26. The molecule has 5 nitrogen and oxygen atoms in total. The Labute approximate surface area is 207 Å². The van der Waals surface area contributed by atoms with E-state index in [0.29, 0.717) is 18.9 Å². The van der Waals surface area contributed by atoms with Crippen molar-refractivity contribution in [1.29, 1.82) is 0 Å². The molecule has 0 unspecified atom stereocenters. The normalized spacial score (nSPS) is 13.5. The number of anilines is 1. The van der Waals surface area contributed by atoms with Crippen LogP contribution in [0.25, 0.3) is 16.8 Å². The van der Waals surface area contributed by atoms with Gasteiger partial charge in [0.25, 0.3) is 0 Å². The fourth-order valence-corrected chi connectivity index (χ4v) is 3.92. The van der Waals surface area contributed by atoms with Crippen LogP contribution in [0.2, 0.25) is 0 Å². The first-order valence-corrected chi connectivity index (χ1v) is 11.0. The number of rotatable bonds is 6. The largest absolute Gasteiger partial charge is 0.386 e. The lowest BCUT2D eigenvalue weighted by Gasteiger charge is -2.34. The Hall–Kier alpha value is -4.08. The lowest BCUT2D eigenvalue weighted by molar-refractivity contribution is -0.127. The molecule has 6 heteroatoms. The standard InChI is InChI=1S/C26H27FN4O.C2H2.CH4/c1-19(28)29-25-17-22-5-3-2-4-21(22)16-23(25)8-11-26(32)31-14-12-30(13-15-31)18-20-6-9-24(27)10-7-20;1-2;/h2-11,16-17,29H,1,12-15,18,28H2;1-2H;1H4/b11-8+;;. The number of fused-ring (bicyclic) bond motifs is 1. The van der Waals surface area contributed by atoms with Crippen LogP contribution in [0, 0.1) is 18.7 Å². The van der Waals surface area contributed by atoms with E-state index in [1.165, 1.54) is 12.1 Å². The molecule has 1 heterocycles. The Kier molecular flexibility index (Phi) is 10.1. The number of hydrogen-bond donors (Lipinski definition) is 2. The predicted octanol–water partition coefficient (Wildman–Crippen LogP) is 5.06. The second kappa shape index (κ2) is 13.0. The number of piperazine rings is 1. The zero-order chi connectivity index (χ0) is 24.5. The number of halogens is 1. The lowest BCUT2D eigenvalue weighted by Crippen LogP contribution is -2.47. The average molecular weight is 473 g/mol. The number of benzene rings is 3. The lowest BCUT2D eigenvalue weighted by atomic mass is 10.0. The SMILES string of the molecule is C.C#C.C=C(N)Nc1cc2ccccc2cc1/C=C/C(=O)N1CCN(Cc2ccc(F)cc2)CC1. The van der Waals surface area contributed by atoms with Gasteiger partial charge in [0.15, 0.2) is 0 Å². The summed E-state index contributed by atoms with van der Waals surface area (Å²) in [6.45, 7) is 7.37. The summed E-state index contributed by atoms with van der Waals surface area (Å²) in [6, 6.07) is 18.7. The Morgan fingerprint density at radius 2 is 1.63 bits per heavy atom. The van der Waals surface area contributed by atoms with Crippen LogP contribution in [0.3, 0.4) is 0 Å². The molecule has 1 amide bonds. The number of hydrogen-bond acceptors (Lipinski definition) is 4.